The highest BCUT2D eigenvalue weighted by Crippen LogP contribution is 2.32. The molecule has 2 aliphatic rings. The highest BCUT2D eigenvalue weighted by Gasteiger charge is 2.42. The zero-order valence-corrected chi connectivity index (χ0v) is 8.85. The number of hydrogen-bond donors (Lipinski definition) is 0. The molecule has 0 aromatic carbocycles. The molecule has 0 saturated carbocycles. The van der Waals surface area contributed by atoms with E-state index in [4.69, 9.17) is 9.47 Å². The molecule has 0 amide bonds. The van der Waals surface area contributed by atoms with Crippen molar-refractivity contribution in [2.45, 2.75) is 46.1 Å². The van der Waals surface area contributed by atoms with E-state index >= 15 is 0 Å². The van der Waals surface area contributed by atoms with Crippen molar-refractivity contribution in [2.75, 3.05) is 19.8 Å². The van der Waals surface area contributed by atoms with Crippen LogP contribution in [0.1, 0.15) is 40.5 Å². The maximum atomic E-state index is 5.45. The van der Waals surface area contributed by atoms with Gasteiger partial charge in [-0.2, -0.15) is 0 Å². The predicted molar refractivity (Wildman–Crippen MR) is 51.4 cm³/mol. The second-order valence-corrected chi connectivity index (χ2v) is 2.63. The van der Waals surface area contributed by atoms with Gasteiger partial charge in [-0.1, -0.05) is 27.7 Å². The Kier molecular flexibility index (Phi) is 6.39. The van der Waals surface area contributed by atoms with Crippen molar-refractivity contribution < 1.29 is 9.47 Å². The Hall–Kier alpha value is -0.0800. The first-order valence-electron chi connectivity index (χ1n) is 5.13. The van der Waals surface area contributed by atoms with Crippen molar-refractivity contribution in [1.29, 1.82) is 0 Å². The second-order valence-electron chi connectivity index (χ2n) is 2.63. The molecule has 2 aliphatic heterocycles. The SMILES string of the molecule is C1COC2(C1)COC2.CC.CC. The molecule has 0 aromatic rings. The highest BCUT2D eigenvalue weighted by molar-refractivity contribution is 4.90. The molecule has 2 heterocycles. The lowest BCUT2D eigenvalue weighted by molar-refractivity contribution is -0.184. The lowest BCUT2D eigenvalue weighted by Gasteiger charge is -2.36. The van der Waals surface area contributed by atoms with Gasteiger partial charge < -0.3 is 9.47 Å². The molecule has 0 atom stereocenters. The maximum Gasteiger partial charge on any atom is 0.115 e. The van der Waals surface area contributed by atoms with E-state index in [2.05, 4.69) is 0 Å². The Morgan fingerprint density at radius 2 is 1.58 bits per heavy atom. The van der Waals surface area contributed by atoms with Crippen LogP contribution in [0, 0.1) is 0 Å². The van der Waals surface area contributed by atoms with Crippen LogP contribution in [0.25, 0.3) is 0 Å². The third-order valence-corrected chi connectivity index (χ3v) is 1.92. The number of rotatable bonds is 0. The Morgan fingerprint density at radius 1 is 1.00 bits per heavy atom. The summed E-state index contributed by atoms with van der Waals surface area (Å²) in [7, 11) is 0. The van der Waals surface area contributed by atoms with Crippen molar-refractivity contribution in [3.05, 3.63) is 0 Å². The summed E-state index contributed by atoms with van der Waals surface area (Å²) in [4.78, 5) is 0. The van der Waals surface area contributed by atoms with Crippen LogP contribution in [0.15, 0.2) is 0 Å². The Balaban J connectivity index is 0.000000269. The molecule has 0 aromatic heterocycles. The van der Waals surface area contributed by atoms with Crippen LogP contribution in [0.2, 0.25) is 0 Å². The minimum absolute atomic E-state index is 0.194. The van der Waals surface area contributed by atoms with Gasteiger partial charge in [-0.3, -0.25) is 0 Å². The first kappa shape index (κ1) is 11.9. The fraction of sp³-hybridized carbons (Fsp3) is 1.00. The summed E-state index contributed by atoms with van der Waals surface area (Å²) in [5, 5.41) is 0. The van der Waals surface area contributed by atoms with E-state index in [1.807, 2.05) is 27.7 Å². The highest BCUT2D eigenvalue weighted by atomic mass is 16.6. The van der Waals surface area contributed by atoms with Crippen LogP contribution in [-0.2, 0) is 9.47 Å². The second kappa shape index (κ2) is 6.44. The summed E-state index contributed by atoms with van der Waals surface area (Å²) in [5.74, 6) is 0. The zero-order chi connectivity index (χ0) is 9.45. The lowest BCUT2D eigenvalue weighted by Crippen LogP contribution is -2.48. The smallest absolute Gasteiger partial charge is 0.115 e. The minimum atomic E-state index is 0.194. The molecule has 2 heteroatoms. The molecule has 0 radical (unpaired) electrons. The van der Waals surface area contributed by atoms with E-state index in [0.717, 1.165) is 19.8 Å². The van der Waals surface area contributed by atoms with Gasteiger partial charge in [0.2, 0.25) is 0 Å². The molecule has 12 heavy (non-hydrogen) atoms. The Morgan fingerprint density at radius 3 is 1.75 bits per heavy atom. The molecule has 2 nitrogen and oxygen atoms in total. The number of hydrogen-bond acceptors (Lipinski definition) is 2. The van der Waals surface area contributed by atoms with E-state index in [9.17, 15) is 0 Å². The molecule has 2 rings (SSSR count). The lowest BCUT2D eigenvalue weighted by atomic mass is 9.99. The van der Waals surface area contributed by atoms with Gasteiger partial charge in [-0.05, 0) is 12.8 Å². The largest absolute Gasteiger partial charge is 0.375 e. The third kappa shape index (κ3) is 2.76. The molecule has 0 N–H and O–H groups in total. The topological polar surface area (TPSA) is 18.5 Å². The fourth-order valence-electron chi connectivity index (χ4n) is 1.31. The van der Waals surface area contributed by atoms with Gasteiger partial charge in [0.05, 0.1) is 13.2 Å². The number of ether oxygens (including phenoxy) is 2. The van der Waals surface area contributed by atoms with Gasteiger partial charge in [0, 0.05) is 6.61 Å². The third-order valence-electron chi connectivity index (χ3n) is 1.92. The van der Waals surface area contributed by atoms with E-state index in [-0.39, 0.29) is 5.60 Å². The molecule has 2 saturated heterocycles. The average molecular weight is 174 g/mol. The molecule has 74 valence electrons. The molecule has 0 unspecified atom stereocenters. The average Bonchev–Trinajstić information content (AvgIpc) is 2.59. The van der Waals surface area contributed by atoms with Crippen LogP contribution >= 0.6 is 0 Å². The van der Waals surface area contributed by atoms with Gasteiger partial charge >= 0.3 is 0 Å². The standard InChI is InChI=1S/C6H10O2.2C2H6/c1-2-6(8-3-1)4-7-5-6;2*1-2/h1-5H2;2*1-2H3. The molecule has 0 aliphatic carbocycles. The summed E-state index contributed by atoms with van der Waals surface area (Å²) in [6, 6.07) is 0. The van der Waals surface area contributed by atoms with Gasteiger partial charge in [0.1, 0.15) is 5.60 Å². The van der Waals surface area contributed by atoms with Crippen molar-refractivity contribution in [3.63, 3.8) is 0 Å². The molecular formula is C10H22O2. The molecule has 0 bridgehead atoms. The quantitative estimate of drug-likeness (QED) is 0.562. The van der Waals surface area contributed by atoms with Gasteiger partial charge in [0.15, 0.2) is 0 Å². The Labute approximate surface area is 76.3 Å². The summed E-state index contributed by atoms with van der Waals surface area (Å²) in [5.41, 5.74) is 0.194. The first-order valence-corrected chi connectivity index (χ1v) is 5.13. The van der Waals surface area contributed by atoms with Crippen molar-refractivity contribution in [3.8, 4) is 0 Å². The van der Waals surface area contributed by atoms with Gasteiger partial charge in [-0.25, -0.2) is 0 Å². The summed E-state index contributed by atoms with van der Waals surface area (Å²) in [6.07, 6.45) is 2.44. The van der Waals surface area contributed by atoms with Crippen LogP contribution < -0.4 is 0 Å². The van der Waals surface area contributed by atoms with Crippen LogP contribution in [0.3, 0.4) is 0 Å². The van der Waals surface area contributed by atoms with Crippen LogP contribution in [0.5, 0.6) is 0 Å². The van der Waals surface area contributed by atoms with Gasteiger partial charge in [0.25, 0.3) is 0 Å². The Bertz CT molecular complexity index is 90.0. The van der Waals surface area contributed by atoms with E-state index in [1.165, 1.54) is 12.8 Å². The van der Waals surface area contributed by atoms with Crippen LogP contribution in [-0.4, -0.2) is 25.4 Å². The fourth-order valence-corrected chi connectivity index (χ4v) is 1.31. The predicted octanol–water partition coefficient (Wildman–Crippen LogP) is 2.62. The van der Waals surface area contributed by atoms with Crippen molar-refractivity contribution >= 4 is 0 Å². The maximum absolute atomic E-state index is 5.45. The van der Waals surface area contributed by atoms with E-state index in [1.54, 1.807) is 0 Å². The summed E-state index contributed by atoms with van der Waals surface area (Å²) in [6.45, 7) is 10.6. The summed E-state index contributed by atoms with van der Waals surface area (Å²) < 4.78 is 10.5. The van der Waals surface area contributed by atoms with Crippen molar-refractivity contribution in [2.24, 2.45) is 0 Å². The monoisotopic (exact) mass is 174 g/mol. The van der Waals surface area contributed by atoms with Crippen molar-refractivity contribution in [1.82, 2.24) is 0 Å². The zero-order valence-electron chi connectivity index (χ0n) is 8.85. The molecule has 1 spiro atoms. The molecular weight excluding hydrogens is 152 g/mol. The summed E-state index contributed by atoms with van der Waals surface area (Å²) >= 11 is 0. The first-order chi connectivity index (χ1) is 5.91. The molecule has 2 fully saturated rings. The normalized spacial score (nSPS) is 23.0. The van der Waals surface area contributed by atoms with E-state index < -0.39 is 0 Å². The van der Waals surface area contributed by atoms with Crippen LogP contribution in [0.4, 0.5) is 0 Å². The van der Waals surface area contributed by atoms with Gasteiger partial charge in [-0.15, -0.1) is 0 Å². The van der Waals surface area contributed by atoms with E-state index in [0.29, 0.717) is 0 Å². The minimum Gasteiger partial charge on any atom is -0.375 e.